The molecule has 1 spiro atoms. The normalized spacial score (nSPS) is 53.4. The molecule has 3 saturated carbocycles. The first kappa shape index (κ1) is 18.6. The molecule has 0 nitrogen and oxygen atoms in total. The van der Waals surface area contributed by atoms with Crippen molar-refractivity contribution in [3.63, 3.8) is 0 Å². The van der Waals surface area contributed by atoms with E-state index in [-0.39, 0.29) is 0 Å². The van der Waals surface area contributed by atoms with Crippen LogP contribution in [0.5, 0.6) is 0 Å². The van der Waals surface area contributed by atoms with Crippen molar-refractivity contribution in [3.8, 4) is 0 Å². The molecule has 3 fully saturated rings. The van der Waals surface area contributed by atoms with E-state index < -0.39 is 47.4 Å². The topological polar surface area (TPSA) is 0 Å². The highest BCUT2D eigenvalue weighted by atomic mass is 15.0. The van der Waals surface area contributed by atoms with E-state index in [1.54, 1.807) is 0 Å². The van der Waals surface area contributed by atoms with Crippen LogP contribution in [0.15, 0.2) is 0 Å². The first-order valence-electron chi connectivity index (χ1n) is 7.00. The molecule has 0 N–H and O–H groups in total. The average Bonchev–Trinajstić information content (AvgIpc) is 2.72. The minimum atomic E-state index is -2.08. The molecule has 4 atom stereocenters. The fourth-order valence-electron chi connectivity index (χ4n) is 5.94. The van der Waals surface area contributed by atoms with Crippen LogP contribution >= 0.6 is 0 Å². The van der Waals surface area contributed by atoms with Gasteiger partial charge in [0.15, 0.2) is 0 Å². The van der Waals surface area contributed by atoms with Crippen LogP contribution in [0.2, 0.25) is 42.0 Å². The zero-order valence-electron chi connectivity index (χ0n) is 13.0. The maximum Gasteiger partial charge on any atom is 0.0737 e. The van der Waals surface area contributed by atoms with Gasteiger partial charge in [-0.05, 0) is 0 Å². The molecule has 0 aromatic heterocycles. The monoisotopic (exact) mass is 266 g/mol. The Morgan fingerprint density at radius 2 is 0.913 bits per heavy atom. The Labute approximate surface area is 156 Å². The van der Waals surface area contributed by atoms with Gasteiger partial charge in [-0.25, -0.2) is 0 Å². The standard InChI is InChI=1S/C10H3B13/c1-2(11,12)4(13)5(14)3(7(5,16)17)6(15,9(4,20)21)10(22,23)8(3,18)19/h1H3. The first-order valence-corrected chi connectivity index (χ1v) is 7.00. The molecule has 0 amide bonds. The van der Waals surface area contributed by atoms with Gasteiger partial charge in [0, 0.05) is 0 Å². The lowest BCUT2D eigenvalue weighted by Gasteiger charge is -2.83. The third-order valence-electron chi connectivity index (χ3n) is 7.13. The predicted molar refractivity (Wildman–Crippen MR) is 104 cm³/mol. The molecule has 0 heterocycles. The Kier molecular flexibility index (Phi) is 2.94. The Bertz CT molecular complexity index is 619. The number of hydrogen-bond donors (Lipinski definition) is 0. The smallest absolute Gasteiger partial charge is 0.0737 e. The Hall–Kier alpha value is 0.844. The summed E-state index contributed by atoms with van der Waals surface area (Å²) in [6.45, 7) is 1.36. The SMILES string of the molecule is [B]C([B])(C)C1([B])C([B])([B])C2([B])C([B])([B])C([B])([B])C23C([B])([B])C13[B]. The second-order valence-corrected chi connectivity index (χ2v) is 7.93. The summed E-state index contributed by atoms with van der Waals surface area (Å²) in [5.74, 6) is 0. The summed E-state index contributed by atoms with van der Waals surface area (Å²) in [5.41, 5.74) is -1.69. The van der Waals surface area contributed by atoms with Gasteiger partial charge in [-0.3, -0.25) is 0 Å². The Morgan fingerprint density at radius 3 is 1.22 bits per heavy atom. The van der Waals surface area contributed by atoms with Crippen molar-refractivity contribution in [2.24, 2.45) is 5.41 Å². The molecular weight excluding hydrogens is 261 g/mol. The molecule has 0 bridgehead atoms. The van der Waals surface area contributed by atoms with E-state index in [4.69, 9.17) is 102 Å². The van der Waals surface area contributed by atoms with Gasteiger partial charge >= 0.3 is 0 Å². The number of hydrogen-bond acceptors (Lipinski definition) is 0. The lowest BCUT2D eigenvalue weighted by atomic mass is 8.99. The molecule has 0 aliphatic heterocycles. The molecule has 82 valence electrons. The molecule has 4 unspecified atom stereocenters. The molecule has 26 radical (unpaired) electrons. The minimum Gasteiger partial charge on any atom is -0.110 e. The number of rotatable bonds is 1. The van der Waals surface area contributed by atoms with Crippen LogP contribution in [-0.2, 0) is 0 Å². The second-order valence-electron chi connectivity index (χ2n) is 7.93. The van der Waals surface area contributed by atoms with Crippen molar-refractivity contribution < 1.29 is 0 Å². The van der Waals surface area contributed by atoms with Crippen molar-refractivity contribution in [2.75, 3.05) is 0 Å². The van der Waals surface area contributed by atoms with Crippen molar-refractivity contribution in [1.82, 2.24) is 0 Å². The fourth-order valence-corrected chi connectivity index (χ4v) is 5.94. The van der Waals surface area contributed by atoms with Gasteiger partial charge in [0.25, 0.3) is 0 Å². The molecule has 0 aromatic carbocycles. The largest absolute Gasteiger partial charge is 0.110 e. The zero-order chi connectivity index (χ0) is 18.5. The summed E-state index contributed by atoms with van der Waals surface area (Å²) in [5, 5.41) is -15.4. The summed E-state index contributed by atoms with van der Waals surface area (Å²) >= 11 is 0. The highest BCUT2D eigenvalue weighted by Crippen LogP contribution is 3.21. The average molecular weight is 264 g/mol. The minimum absolute atomic E-state index is 1.36. The summed E-state index contributed by atoms with van der Waals surface area (Å²) in [6, 6.07) is 0. The Balaban J connectivity index is 2.47. The van der Waals surface area contributed by atoms with Crippen LogP contribution < -0.4 is 0 Å². The molecule has 0 saturated heterocycles. The van der Waals surface area contributed by atoms with Gasteiger partial charge in [0.2, 0.25) is 0 Å². The van der Waals surface area contributed by atoms with Gasteiger partial charge in [0.1, 0.15) is 0 Å². The van der Waals surface area contributed by atoms with Crippen LogP contribution in [0.4, 0.5) is 0 Å². The third kappa shape index (κ3) is 1.04. The summed E-state index contributed by atoms with van der Waals surface area (Å²) < 4.78 is 0. The van der Waals surface area contributed by atoms with E-state index in [0.717, 1.165) is 0 Å². The van der Waals surface area contributed by atoms with E-state index >= 15 is 0 Å². The van der Waals surface area contributed by atoms with Crippen molar-refractivity contribution >= 4 is 102 Å². The van der Waals surface area contributed by atoms with E-state index in [2.05, 4.69) is 0 Å². The summed E-state index contributed by atoms with van der Waals surface area (Å²) in [7, 11) is 80.9. The van der Waals surface area contributed by atoms with E-state index in [1.165, 1.54) is 6.92 Å². The maximum atomic E-state index is 6.48. The van der Waals surface area contributed by atoms with Crippen LogP contribution in [0.25, 0.3) is 0 Å². The van der Waals surface area contributed by atoms with Gasteiger partial charge in [-0.1, -0.05) is 33.5 Å². The fraction of sp³-hybridized carbons (Fsp3) is 1.00. The molecule has 0 aromatic rings. The van der Waals surface area contributed by atoms with Gasteiger partial charge in [0.05, 0.1) is 102 Å². The maximum absolute atomic E-state index is 6.48. The van der Waals surface area contributed by atoms with Crippen LogP contribution in [-0.4, -0.2) is 102 Å². The van der Waals surface area contributed by atoms with Crippen molar-refractivity contribution in [2.45, 2.75) is 48.9 Å². The molecule has 3 rings (SSSR count). The quantitative estimate of drug-likeness (QED) is 0.451. The second kappa shape index (κ2) is 3.62. The predicted octanol–water partition coefficient (Wildman–Crippen LogP) is -2.72. The van der Waals surface area contributed by atoms with E-state index in [1.807, 2.05) is 0 Å². The van der Waals surface area contributed by atoms with Crippen LogP contribution in [0.1, 0.15) is 6.92 Å². The third-order valence-corrected chi connectivity index (χ3v) is 7.13. The molecular formula is C10H3B13. The van der Waals surface area contributed by atoms with E-state index in [9.17, 15) is 0 Å². The van der Waals surface area contributed by atoms with Crippen LogP contribution in [0.3, 0.4) is 0 Å². The van der Waals surface area contributed by atoms with Gasteiger partial charge in [-0.2, -0.15) is 0 Å². The molecule has 3 aliphatic rings. The molecule has 13 heteroatoms. The van der Waals surface area contributed by atoms with Gasteiger partial charge < -0.3 is 0 Å². The first-order chi connectivity index (χ1) is 9.75. The highest BCUT2D eigenvalue weighted by molar-refractivity contribution is 6.72. The molecule has 23 heavy (non-hydrogen) atoms. The Morgan fingerprint density at radius 1 is 0.522 bits per heavy atom. The van der Waals surface area contributed by atoms with Crippen molar-refractivity contribution in [1.29, 1.82) is 0 Å². The summed E-state index contributed by atoms with van der Waals surface area (Å²) in [6.07, 6.45) is 0. The van der Waals surface area contributed by atoms with E-state index in [0.29, 0.717) is 0 Å². The van der Waals surface area contributed by atoms with Crippen molar-refractivity contribution in [3.05, 3.63) is 0 Å². The van der Waals surface area contributed by atoms with Crippen LogP contribution in [0, 0.1) is 5.41 Å². The molecule has 3 aliphatic carbocycles. The lowest BCUT2D eigenvalue weighted by molar-refractivity contribution is 0.115. The van der Waals surface area contributed by atoms with Gasteiger partial charge in [-0.15, -0.1) is 20.9 Å². The lowest BCUT2D eigenvalue weighted by Crippen LogP contribution is -2.68. The summed E-state index contributed by atoms with van der Waals surface area (Å²) in [4.78, 5) is 0. The zero-order valence-corrected chi connectivity index (χ0v) is 13.0. The highest BCUT2D eigenvalue weighted by Gasteiger charge is 3.03.